The standard InChI is InChI=1S/C15H32N4O4/c1-18-7-8-4-5-9(16)15(22-8)23-14-10(17)6-11(21-3)12(19-2)13(14)20/h8-15,18-20H,4-7,16-17H2,1-3H3/t8-,9+,10-,11-,12+,13+,14+,15+/m1/s1. The summed E-state index contributed by atoms with van der Waals surface area (Å²) in [4.78, 5) is 0. The van der Waals surface area contributed by atoms with E-state index in [1.54, 1.807) is 14.2 Å². The molecule has 0 aromatic carbocycles. The highest BCUT2D eigenvalue weighted by molar-refractivity contribution is 5.00. The molecule has 8 heteroatoms. The van der Waals surface area contributed by atoms with Crippen LogP contribution in [-0.2, 0) is 14.2 Å². The SMILES string of the molecule is CNC[C@H]1CC[C@H](N)[C@H](O[C@@H]2[C@@H](O)[C@@H](NC)[C@H](OC)C[C@H]2N)O1. The molecule has 0 aromatic rings. The zero-order valence-corrected chi connectivity index (χ0v) is 14.3. The van der Waals surface area contributed by atoms with E-state index in [1.165, 1.54) is 0 Å². The highest BCUT2D eigenvalue weighted by Gasteiger charge is 2.45. The van der Waals surface area contributed by atoms with E-state index < -0.39 is 18.5 Å². The zero-order chi connectivity index (χ0) is 17.0. The number of rotatable bonds is 6. The van der Waals surface area contributed by atoms with Gasteiger partial charge in [-0.05, 0) is 33.4 Å². The van der Waals surface area contributed by atoms with Crippen molar-refractivity contribution in [2.24, 2.45) is 11.5 Å². The minimum atomic E-state index is -0.783. The average molecular weight is 332 g/mol. The Kier molecular flexibility index (Phi) is 7.18. The van der Waals surface area contributed by atoms with Crippen LogP contribution in [0, 0.1) is 0 Å². The second-order valence-corrected chi connectivity index (χ2v) is 6.50. The van der Waals surface area contributed by atoms with Crippen molar-refractivity contribution in [1.82, 2.24) is 10.6 Å². The molecule has 8 nitrogen and oxygen atoms in total. The average Bonchev–Trinajstić information content (AvgIpc) is 2.53. The van der Waals surface area contributed by atoms with Crippen molar-refractivity contribution >= 4 is 0 Å². The van der Waals surface area contributed by atoms with Crippen molar-refractivity contribution in [3.63, 3.8) is 0 Å². The van der Waals surface area contributed by atoms with Crippen LogP contribution in [0.2, 0.25) is 0 Å². The predicted molar refractivity (Wildman–Crippen MR) is 86.9 cm³/mol. The van der Waals surface area contributed by atoms with Gasteiger partial charge in [0.25, 0.3) is 0 Å². The molecule has 0 spiro atoms. The van der Waals surface area contributed by atoms with Gasteiger partial charge in [-0.25, -0.2) is 0 Å². The normalized spacial score (nSPS) is 45.1. The van der Waals surface area contributed by atoms with Crippen molar-refractivity contribution in [3.8, 4) is 0 Å². The molecular formula is C15H32N4O4. The summed E-state index contributed by atoms with van der Waals surface area (Å²) >= 11 is 0. The summed E-state index contributed by atoms with van der Waals surface area (Å²) in [6.07, 6.45) is 0.362. The predicted octanol–water partition coefficient (Wildman–Crippen LogP) is -1.88. The number of hydrogen-bond donors (Lipinski definition) is 5. The molecule has 0 radical (unpaired) electrons. The fraction of sp³-hybridized carbons (Fsp3) is 1.00. The summed E-state index contributed by atoms with van der Waals surface area (Å²) in [7, 11) is 5.30. The molecule has 8 atom stereocenters. The quantitative estimate of drug-likeness (QED) is 0.383. The molecular weight excluding hydrogens is 300 g/mol. The van der Waals surface area contributed by atoms with Crippen LogP contribution < -0.4 is 22.1 Å². The highest BCUT2D eigenvalue weighted by atomic mass is 16.7. The van der Waals surface area contributed by atoms with Crippen LogP contribution in [0.25, 0.3) is 0 Å². The summed E-state index contributed by atoms with van der Waals surface area (Å²) in [6.45, 7) is 0.747. The third kappa shape index (κ3) is 4.40. The first-order chi connectivity index (χ1) is 11.0. The minimum Gasteiger partial charge on any atom is -0.389 e. The van der Waals surface area contributed by atoms with Crippen molar-refractivity contribution in [1.29, 1.82) is 0 Å². The van der Waals surface area contributed by atoms with E-state index >= 15 is 0 Å². The van der Waals surface area contributed by atoms with Gasteiger partial charge in [0, 0.05) is 19.7 Å². The summed E-state index contributed by atoms with van der Waals surface area (Å²) < 4.78 is 17.4. The first-order valence-electron chi connectivity index (χ1n) is 8.36. The lowest BCUT2D eigenvalue weighted by molar-refractivity contribution is -0.250. The molecule has 23 heavy (non-hydrogen) atoms. The third-order valence-corrected chi connectivity index (χ3v) is 4.89. The Balaban J connectivity index is 2.02. The number of ether oxygens (including phenoxy) is 3. The molecule has 1 aliphatic carbocycles. The van der Waals surface area contributed by atoms with Gasteiger partial charge in [0.05, 0.1) is 30.4 Å². The molecule has 7 N–H and O–H groups in total. The Morgan fingerprint density at radius 3 is 2.57 bits per heavy atom. The van der Waals surface area contributed by atoms with E-state index in [9.17, 15) is 5.11 Å². The summed E-state index contributed by atoms with van der Waals surface area (Å²) in [6, 6.07) is -0.784. The van der Waals surface area contributed by atoms with Crippen LogP contribution in [0.3, 0.4) is 0 Å². The lowest BCUT2D eigenvalue weighted by Gasteiger charge is -2.45. The lowest BCUT2D eigenvalue weighted by atomic mass is 9.84. The van der Waals surface area contributed by atoms with Gasteiger partial charge < -0.3 is 41.4 Å². The van der Waals surface area contributed by atoms with Gasteiger partial charge in [-0.3, -0.25) is 0 Å². The van der Waals surface area contributed by atoms with Crippen LogP contribution in [0.4, 0.5) is 0 Å². The number of hydrogen-bond acceptors (Lipinski definition) is 8. The van der Waals surface area contributed by atoms with E-state index in [4.69, 9.17) is 25.7 Å². The van der Waals surface area contributed by atoms with Crippen molar-refractivity contribution in [3.05, 3.63) is 0 Å². The van der Waals surface area contributed by atoms with Crippen molar-refractivity contribution in [2.45, 2.75) is 68.1 Å². The maximum absolute atomic E-state index is 10.6. The molecule has 1 saturated carbocycles. The van der Waals surface area contributed by atoms with E-state index in [2.05, 4.69) is 10.6 Å². The number of nitrogens with two attached hydrogens (primary N) is 2. The van der Waals surface area contributed by atoms with Crippen LogP contribution in [0.15, 0.2) is 0 Å². The van der Waals surface area contributed by atoms with Gasteiger partial charge in [0.1, 0.15) is 6.10 Å². The molecule has 1 heterocycles. The van der Waals surface area contributed by atoms with Crippen LogP contribution in [0.1, 0.15) is 19.3 Å². The van der Waals surface area contributed by atoms with Crippen molar-refractivity contribution < 1.29 is 19.3 Å². The van der Waals surface area contributed by atoms with Crippen LogP contribution in [-0.4, -0.2) is 81.7 Å². The van der Waals surface area contributed by atoms with E-state index in [1.807, 2.05) is 7.05 Å². The number of aliphatic hydroxyl groups excluding tert-OH is 1. The molecule has 1 aliphatic heterocycles. The van der Waals surface area contributed by atoms with E-state index in [0.29, 0.717) is 6.42 Å². The molecule has 0 unspecified atom stereocenters. The largest absolute Gasteiger partial charge is 0.389 e. The van der Waals surface area contributed by atoms with Crippen molar-refractivity contribution in [2.75, 3.05) is 27.7 Å². The monoisotopic (exact) mass is 332 g/mol. The number of likely N-dealkylation sites (N-methyl/N-ethyl adjacent to an activating group) is 2. The molecule has 2 aliphatic rings. The molecule has 2 rings (SSSR count). The van der Waals surface area contributed by atoms with Gasteiger partial charge in [0.15, 0.2) is 6.29 Å². The summed E-state index contributed by atoms with van der Waals surface area (Å²) in [5.74, 6) is 0. The Hall–Kier alpha value is -0.320. The van der Waals surface area contributed by atoms with E-state index in [0.717, 1.165) is 19.4 Å². The van der Waals surface area contributed by atoms with Gasteiger partial charge >= 0.3 is 0 Å². The fourth-order valence-electron chi connectivity index (χ4n) is 3.55. The Bertz CT molecular complexity index is 362. The second-order valence-electron chi connectivity index (χ2n) is 6.50. The first-order valence-corrected chi connectivity index (χ1v) is 8.36. The molecule has 1 saturated heterocycles. The maximum Gasteiger partial charge on any atom is 0.173 e. The van der Waals surface area contributed by atoms with Gasteiger partial charge in [-0.15, -0.1) is 0 Å². The first kappa shape index (κ1) is 19.0. The number of nitrogens with one attached hydrogen (secondary N) is 2. The Morgan fingerprint density at radius 1 is 1.22 bits per heavy atom. The van der Waals surface area contributed by atoms with Gasteiger partial charge in [-0.2, -0.15) is 0 Å². The number of aliphatic hydroxyl groups is 1. The molecule has 0 aromatic heterocycles. The maximum atomic E-state index is 10.6. The Labute approximate surface area is 138 Å². The van der Waals surface area contributed by atoms with E-state index in [-0.39, 0.29) is 30.3 Å². The zero-order valence-electron chi connectivity index (χ0n) is 14.3. The Morgan fingerprint density at radius 2 is 1.96 bits per heavy atom. The minimum absolute atomic E-state index is 0.0635. The van der Waals surface area contributed by atoms with Gasteiger partial charge in [-0.1, -0.05) is 0 Å². The highest BCUT2D eigenvalue weighted by Crippen LogP contribution is 2.27. The molecule has 0 bridgehead atoms. The summed E-state index contributed by atoms with van der Waals surface area (Å²) in [5, 5.41) is 16.8. The number of methoxy groups -OCH3 is 1. The lowest BCUT2D eigenvalue weighted by Crippen LogP contribution is -2.65. The van der Waals surface area contributed by atoms with Crippen LogP contribution >= 0.6 is 0 Å². The van der Waals surface area contributed by atoms with Gasteiger partial charge in [0.2, 0.25) is 0 Å². The topological polar surface area (TPSA) is 124 Å². The molecule has 136 valence electrons. The van der Waals surface area contributed by atoms with Crippen LogP contribution in [0.5, 0.6) is 0 Å². The summed E-state index contributed by atoms with van der Waals surface area (Å²) in [5.41, 5.74) is 12.3. The smallest absolute Gasteiger partial charge is 0.173 e. The molecule has 2 fully saturated rings. The fourth-order valence-corrected chi connectivity index (χ4v) is 3.55. The second kappa shape index (κ2) is 8.68. The third-order valence-electron chi connectivity index (χ3n) is 4.89. The molecule has 0 amide bonds.